The molecule has 1 N–H and O–H groups in total. The molecule has 1 fully saturated rings. The Morgan fingerprint density at radius 2 is 1.89 bits per heavy atom. The van der Waals surface area contributed by atoms with Gasteiger partial charge in [0, 0.05) is 30.8 Å². The maximum absolute atomic E-state index is 12.3. The van der Waals surface area contributed by atoms with Gasteiger partial charge in [-0.25, -0.2) is 8.42 Å². The first-order valence-corrected chi connectivity index (χ1v) is 10.5. The van der Waals surface area contributed by atoms with Crippen LogP contribution in [0.15, 0.2) is 53.4 Å². The van der Waals surface area contributed by atoms with Crippen LogP contribution in [0.2, 0.25) is 0 Å². The number of aryl methyl sites for hydroxylation is 1. The minimum Gasteiger partial charge on any atom is -0.326 e. The van der Waals surface area contributed by atoms with E-state index in [0.29, 0.717) is 18.7 Å². The lowest BCUT2D eigenvalue weighted by molar-refractivity contribution is -0.117. The van der Waals surface area contributed by atoms with Crippen LogP contribution in [0.4, 0.5) is 11.4 Å². The van der Waals surface area contributed by atoms with Gasteiger partial charge in [0.1, 0.15) is 0 Å². The van der Waals surface area contributed by atoms with Gasteiger partial charge < -0.3 is 10.2 Å². The fourth-order valence-corrected chi connectivity index (χ4v) is 4.23. The Labute approximate surface area is 159 Å². The van der Waals surface area contributed by atoms with E-state index in [1.165, 1.54) is 0 Å². The number of nitrogens with one attached hydrogen (secondary N) is 1. The third-order valence-electron chi connectivity index (χ3n) is 4.49. The third-order valence-corrected chi connectivity index (χ3v) is 6.22. The van der Waals surface area contributed by atoms with E-state index in [4.69, 9.17) is 0 Å². The van der Waals surface area contributed by atoms with Crippen molar-refractivity contribution in [1.29, 1.82) is 0 Å². The van der Waals surface area contributed by atoms with Gasteiger partial charge in [-0.3, -0.25) is 9.59 Å². The number of rotatable bonds is 6. The predicted molar refractivity (Wildman–Crippen MR) is 105 cm³/mol. The van der Waals surface area contributed by atoms with Crippen LogP contribution in [0.3, 0.4) is 0 Å². The molecule has 1 aliphatic heterocycles. The molecule has 6 nitrogen and oxygen atoms in total. The van der Waals surface area contributed by atoms with Crippen LogP contribution in [0.1, 0.15) is 24.8 Å². The fraction of sp³-hybridized carbons (Fsp3) is 0.300. The summed E-state index contributed by atoms with van der Waals surface area (Å²) in [4.78, 5) is 25.9. The summed E-state index contributed by atoms with van der Waals surface area (Å²) in [5.41, 5.74) is 2.26. The maximum Gasteiger partial charge on any atom is 0.227 e. The molecule has 0 aromatic heterocycles. The van der Waals surface area contributed by atoms with E-state index in [-0.39, 0.29) is 28.9 Å². The van der Waals surface area contributed by atoms with Crippen LogP contribution >= 0.6 is 0 Å². The minimum absolute atomic E-state index is 0.0719. The first-order chi connectivity index (χ1) is 12.8. The van der Waals surface area contributed by atoms with Gasteiger partial charge in [-0.15, -0.1) is 0 Å². The number of benzene rings is 2. The number of carbonyl (C=O) groups excluding carboxylic acids is 2. The number of nitrogens with zero attached hydrogens (tertiary/aromatic N) is 1. The van der Waals surface area contributed by atoms with Gasteiger partial charge in [-0.1, -0.05) is 23.8 Å². The minimum atomic E-state index is -3.51. The van der Waals surface area contributed by atoms with Gasteiger partial charge in [0.25, 0.3) is 0 Å². The van der Waals surface area contributed by atoms with Crippen LogP contribution in [-0.2, 0) is 19.4 Å². The molecule has 0 atom stereocenters. The standard InChI is InChI=1S/C20H22N2O4S/c1-15-7-9-18(10-8-15)27(25,26)13-11-19(23)21-16-4-2-5-17(14-16)22-12-3-6-20(22)24/h2,4-5,7-10,14H,3,6,11-13H2,1H3,(H,21,23). The molecule has 27 heavy (non-hydrogen) atoms. The van der Waals surface area contributed by atoms with Crippen LogP contribution in [0.5, 0.6) is 0 Å². The summed E-state index contributed by atoms with van der Waals surface area (Å²) in [5, 5.41) is 2.71. The molecule has 0 bridgehead atoms. The van der Waals surface area contributed by atoms with E-state index < -0.39 is 9.84 Å². The molecule has 7 heteroatoms. The quantitative estimate of drug-likeness (QED) is 0.827. The van der Waals surface area contributed by atoms with Gasteiger partial charge in [0.15, 0.2) is 9.84 Å². The van der Waals surface area contributed by atoms with Crippen LogP contribution in [-0.4, -0.2) is 32.5 Å². The molecule has 0 radical (unpaired) electrons. The Kier molecular flexibility index (Phi) is 5.60. The summed E-state index contributed by atoms with van der Waals surface area (Å²) in [5.74, 6) is -0.565. The summed E-state index contributed by atoms with van der Waals surface area (Å²) in [6.07, 6.45) is 1.23. The number of hydrogen-bond acceptors (Lipinski definition) is 4. The lowest BCUT2D eigenvalue weighted by Crippen LogP contribution is -2.24. The SMILES string of the molecule is Cc1ccc(S(=O)(=O)CCC(=O)Nc2cccc(N3CCCC3=O)c2)cc1. The molecule has 1 aliphatic rings. The number of anilines is 2. The van der Waals surface area contributed by atoms with Crippen LogP contribution in [0.25, 0.3) is 0 Å². The number of carbonyl (C=O) groups is 2. The molecule has 2 aromatic rings. The predicted octanol–water partition coefficient (Wildman–Crippen LogP) is 2.92. The normalized spacial score (nSPS) is 14.4. The molecule has 0 unspecified atom stereocenters. The van der Waals surface area contributed by atoms with Crippen molar-refractivity contribution in [2.45, 2.75) is 31.1 Å². The van der Waals surface area contributed by atoms with Crippen molar-refractivity contribution in [2.75, 3.05) is 22.5 Å². The summed E-state index contributed by atoms with van der Waals surface area (Å²) >= 11 is 0. The maximum atomic E-state index is 12.3. The highest BCUT2D eigenvalue weighted by Crippen LogP contribution is 2.24. The summed E-state index contributed by atoms with van der Waals surface area (Å²) in [6, 6.07) is 13.6. The van der Waals surface area contributed by atoms with Crippen molar-refractivity contribution < 1.29 is 18.0 Å². The van der Waals surface area contributed by atoms with Gasteiger partial charge in [-0.2, -0.15) is 0 Å². The van der Waals surface area contributed by atoms with Gasteiger partial charge in [0.2, 0.25) is 11.8 Å². The van der Waals surface area contributed by atoms with Gasteiger partial charge >= 0.3 is 0 Å². The molecular weight excluding hydrogens is 364 g/mol. The average Bonchev–Trinajstić information content (AvgIpc) is 3.07. The molecule has 0 saturated carbocycles. The van der Waals surface area contributed by atoms with Crippen molar-refractivity contribution in [2.24, 2.45) is 0 Å². The smallest absolute Gasteiger partial charge is 0.227 e. The Morgan fingerprint density at radius 3 is 2.56 bits per heavy atom. The van der Waals surface area contributed by atoms with E-state index in [9.17, 15) is 18.0 Å². The van der Waals surface area contributed by atoms with E-state index in [2.05, 4.69) is 5.32 Å². The van der Waals surface area contributed by atoms with Crippen molar-refractivity contribution in [3.05, 3.63) is 54.1 Å². The Bertz CT molecular complexity index is 952. The summed E-state index contributed by atoms with van der Waals surface area (Å²) in [6.45, 7) is 2.55. The molecule has 0 spiro atoms. The number of amides is 2. The molecule has 0 aliphatic carbocycles. The van der Waals surface area contributed by atoms with E-state index in [1.807, 2.05) is 13.0 Å². The summed E-state index contributed by atoms with van der Waals surface area (Å²) in [7, 11) is -3.51. The molecule has 142 valence electrons. The lowest BCUT2D eigenvalue weighted by atomic mass is 10.2. The zero-order chi connectivity index (χ0) is 19.4. The van der Waals surface area contributed by atoms with Crippen LogP contribution < -0.4 is 10.2 Å². The highest BCUT2D eigenvalue weighted by molar-refractivity contribution is 7.91. The zero-order valence-electron chi connectivity index (χ0n) is 15.1. The van der Waals surface area contributed by atoms with E-state index in [1.54, 1.807) is 47.4 Å². The second kappa shape index (κ2) is 7.92. The molecular formula is C20H22N2O4S. The molecule has 1 saturated heterocycles. The van der Waals surface area contributed by atoms with Gasteiger partial charge in [-0.05, 0) is 43.7 Å². The van der Waals surface area contributed by atoms with Gasteiger partial charge in [0.05, 0.1) is 10.6 Å². The Balaban J connectivity index is 1.61. The van der Waals surface area contributed by atoms with Crippen molar-refractivity contribution in [3.8, 4) is 0 Å². The van der Waals surface area contributed by atoms with E-state index in [0.717, 1.165) is 17.7 Å². The molecule has 2 amide bonds. The monoisotopic (exact) mass is 386 g/mol. The van der Waals surface area contributed by atoms with Crippen molar-refractivity contribution in [1.82, 2.24) is 0 Å². The fourth-order valence-electron chi connectivity index (χ4n) is 2.99. The Hall–Kier alpha value is -2.67. The third kappa shape index (κ3) is 4.74. The molecule has 3 rings (SSSR count). The zero-order valence-corrected chi connectivity index (χ0v) is 16.0. The highest BCUT2D eigenvalue weighted by Gasteiger charge is 2.22. The lowest BCUT2D eigenvalue weighted by Gasteiger charge is -2.16. The first-order valence-electron chi connectivity index (χ1n) is 8.85. The second-order valence-electron chi connectivity index (χ2n) is 6.63. The topological polar surface area (TPSA) is 83.6 Å². The molecule has 1 heterocycles. The second-order valence-corrected chi connectivity index (χ2v) is 8.74. The largest absolute Gasteiger partial charge is 0.326 e. The van der Waals surface area contributed by atoms with Crippen molar-refractivity contribution in [3.63, 3.8) is 0 Å². The Morgan fingerprint density at radius 1 is 1.15 bits per heavy atom. The first kappa shape index (κ1) is 19.1. The highest BCUT2D eigenvalue weighted by atomic mass is 32.2. The molecule has 2 aromatic carbocycles. The van der Waals surface area contributed by atoms with Crippen LogP contribution in [0, 0.1) is 6.92 Å². The summed E-state index contributed by atoms with van der Waals surface area (Å²) < 4.78 is 24.7. The average molecular weight is 386 g/mol. The van der Waals surface area contributed by atoms with E-state index >= 15 is 0 Å². The number of sulfone groups is 1. The van der Waals surface area contributed by atoms with Crippen molar-refractivity contribution >= 4 is 33.0 Å². The number of hydrogen-bond donors (Lipinski definition) is 1.